The van der Waals surface area contributed by atoms with Gasteiger partial charge in [-0.25, -0.2) is 4.79 Å². The molecule has 1 unspecified atom stereocenters. The minimum atomic E-state index is -0.964. The molecule has 1 saturated heterocycles. The SMILES string of the molecule is CC1(O)CCCN(c2ccncc2C(=O)O)CC1. The lowest BCUT2D eigenvalue weighted by molar-refractivity contribution is 0.0481. The van der Waals surface area contributed by atoms with Crippen molar-refractivity contribution < 1.29 is 15.0 Å². The molecule has 1 fully saturated rings. The highest BCUT2D eigenvalue weighted by molar-refractivity contribution is 5.94. The third kappa shape index (κ3) is 2.79. The number of aliphatic hydroxyl groups is 1. The van der Waals surface area contributed by atoms with E-state index in [-0.39, 0.29) is 5.56 Å². The number of aromatic carboxylic acids is 1. The van der Waals surface area contributed by atoms with Gasteiger partial charge >= 0.3 is 5.97 Å². The highest BCUT2D eigenvalue weighted by Gasteiger charge is 2.26. The van der Waals surface area contributed by atoms with E-state index in [0.717, 1.165) is 19.4 Å². The van der Waals surface area contributed by atoms with Crippen molar-refractivity contribution in [3.8, 4) is 0 Å². The fourth-order valence-corrected chi connectivity index (χ4v) is 2.33. The Kier molecular flexibility index (Phi) is 3.52. The second-order valence-corrected chi connectivity index (χ2v) is 5.04. The molecule has 1 aliphatic rings. The van der Waals surface area contributed by atoms with Crippen molar-refractivity contribution in [3.63, 3.8) is 0 Å². The number of carboxylic acids is 1. The van der Waals surface area contributed by atoms with Crippen molar-refractivity contribution in [2.75, 3.05) is 18.0 Å². The van der Waals surface area contributed by atoms with E-state index in [4.69, 9.17) is 5.11 Å². The van der Waals surface area contributed by atoms with Gasteiger partial charge in [0.15, 0.2) is 0 Å². The van der Waals surface area contributed by atoms with E-state index < -0.39 is 11.6 Å². The number of aromatic nitrogens is 1. The summed E-state index contributed by atoms with van der Waals surface area (Å²) in [6, 6.07) is 1.73. The fourth-order valence-electron chi connectivity index (χ4n) is 2.33. The molecule has 2 N–H and O–H groups in total. The van der Waals surface area contributed by atoms with Gasteiger partial charge in [0.25, 0.3) is 0 Å². The Morgan fingerprint density at radius 2 is 2.22 bits per heavy atom. The van der Waals surface area contributed by atoms with Crippen LogP contribution >= 0.6 is 0 Å². The highest BCUT2D eigenvalue weighted by atomic mass is 16.4. The van der Waals surface area contributed by atoms with Crippen LogP contribution in [0.4, 0.5) is 5.69 Å². The van der Waals surface area contributed by atoms with E-state index in [2.05, 4.69) is 4.98 Å². The molecule has 0 amide bonds. The maximum Gasteiger partial charge on any atom is 0.339 e. The van der Waals surface area contributed by atoms with Crippen LogP contribution in [-0.2, 0) is 0 Å². The summed E-state index contributed by atoms with van der Waals surface area (Å²) in [5.41, 5.74) is 0.264. The van der Waals surface area contributed by atoms with Crippen LogP contribution in [0.2, 0.25) is 0 Å². The Hall–Kier alpha value is -1.62. The van der Waals surface area contributed by atoms with E-state index in [1.54, 1.807) is 12.3 Å². The first-order valence-electron chi connectivity index (χ1n) is 6.14. The molecule has 1 atom stereocenters. The molecule has 2 heterocycles. The lowest BCUT2D eigenvalue weighted by Crippen LogP contribution is -2.29. The summed E-state index contributed by atoms with van der Waals surface area (Å²) in [6.45, 7) is 3.26. The largest absolute Gasteiger partial charge is 0.478 e. The smallest absolute Gasteiger partial charge is 0.339 e. The average Bonchev–Trinajstić information content (AvgIpc) is 2.50. The first-order valence-corrected chi connectivity index (χ1v) is 6.14. The van der Waals surface area contributed by atoms with Crippen molar-refractivity contribution in [3.05, 3.63) is 24.0 Å². The Bertz CT molecular complexity index is 446. The number of hydrogen-bond donors (Lipinski definition) is 2. The fraction of sp³-hybridized carbons (Fsp3) is 0.538. The van der Waals surface area contributed by atoms with Crippen LogP contribution in [0.3, 0.4) is 0 Å². The lowest BCUT2D eigenvalue weighted by Gasteiger charge is -2.25. The Balaban J connectivity index is 2.24. The molecule has 0 aliphatic carbocycles. The van der Waals surface area contributed by atoms with Crippen LogP contribution < -0.4 is 4.90 Å². The van der Waals surface area contributed by atoms with Gasteiger partial charge in [0, 0.05) is 25.5 Å². The van der Waals surface area contributed by atoms with Crippen LogP contribution in [0.15, 0.2) is 18.5 Å². The summed E-state index contributed by atoms with van der Waals surface area (Å²) in [7, 11) is 0. The first-order chi connectivity index (χ1) is 8.49. The van der Waals surface area contributed by atoms with Gasteiger partial charge < -0.3 is 15.1 Å². The van der Waals surface area contributed by atoms with Crippen molar-refractivity contribution in [1.82, 2.24) is 4.98 Å². The van der Waals surface area contributed by atoms with Crippen LogP contribution in [0.25, 0.3) is 0 Å². The van der Waals surface area contributed by atoms with E-state index in [1.807, 2.05) is 11.8 Å². The van der Waals surface area contributed by atoms with Gasteiger partial charge in [0.2, 0.25) is 0 Å². The number of anilines is 1. The summed E-state index contributed by atoms with van der Waals surface area (Å²) in [6.07, 6.45) is 5.23. The van der Waals surface area contributed by atoms with Gasteiger partial charge in [-0.2, -0.15) is 0 Å². The maximum absolute atomic E-state index is 11.2. The number of hydrogen-bond acceptors (Lipinski definition) is 4. The van der Waals surface area contributed by atoms with Gasteiger partial charge in [-0.1, -0.05) is 0 Å². The predicted molar refractivity (Wildman–Crippen MR) is 67.9 cm³/mol. The van der Waals surface area contributed by atoms with Crippen molar-refractivity contribution in [2.24, 2.45) is 0 Å². The van der Waals surface area contributed by atoms with Gasteiger partial charge in [-0.3, -0.25) is 4.98 Å². The zero-order valence-electron chi connectivity index (χ0n) is 10.5. The molecule has 0 spiro atoms. The van der Waals surface area contributed by atoms with Crippen LogP contribution in [0, 0.1) is 0 Å². The van der Waals surface area contributed by atoms with Crippen LogP contribution in [-0.4, -0.2) is 39.9 Å². The Labute approximate surface area is 106 Å². The van der Waals surface area contributed by atoms with E-state index in [9.17, 15) is 9.90 Å². The number of nitrogens with zero attached hydrogens (tertiary/aromatic N) is 2. The summed E-state index contributed by atoms with van der Waals surface area (Å²) < 4.78 is 0. The molecule has 18 heavy (non-hydrogen) atoms. The predicted octanol–water partition coefficient (Wildman–Crippen LogP) is 1.52. The van der Waals surface area contributed by atoms with Gasteiger partial charge in [-0.05, 0) is 32.3 Å². The number of pyridine rings is 1. The average molecular weight is 250 g/mol. The van der Waals surface area contributed by atoms with Crippen LogP contribution in [0.5, 0.6) is 0 Å². The third-order valence-electron chi connectivity index (χ3n) is 3.43. The minimum absolute atomic E-state index is 0.221. The second-order valence-electron chi connectivity index (χ2n) is 5.04. The zero-order valence-corrected chi connectivity index (χ0v) is 10.5. The number of rotatable bonds is 2. The summed E-state index contributed by atoms with van der Waals surface area (Å²) in [5.74, 6) is -0.964. The molecule has 2 rings (SSSR count). The zero-order chi connectivity index (χ0) is 13.2. The Morgan fingerprint density at radius 3 is 2.94 bits per heavy atom. The normalized spacial score (nSPS) is 24.7. The highest BCUT2D eigenvalue weighted by Crippen LogP contribution is 2.27. The van der Waals surface area contributed by atoms with Gasteiger partial charge in [0.1, 0.15) is 5.56 Å². The topological polar surface area (TPSA) is 73.7 Å². The minimum Gasteiger partial charge on any atom is -0.478 e. The standard InChI is InChI=1S/C13H18N2O3/c1-13(18)4-2-7-15(8-5-13)11-3-6-14-9-10(11)12(16)17/h3,6,9,18H,2,4-5,7-8H2,1H3,(H,16,17). The molecule has 5 nitrogen and oxygen atoms in total. The van der Waals surface area contributed by atoms with Crippen molar-refractivity contribution in [1.29, 1.82) is 0 Å². The quantitative estimate of drug-likeness (QED) is 0.832. The van der Waals surface area contributed by atoms with E-state index in [0.29, 0.717) is 18.7 Å². The molecule has 0 aromatic carbocycles. The maximum atomic E-state index is 11.2. The molecule has 0 radical (unpaired) electrons. The van der Waals surface area contributed by atoms with E-state index in [1.165, 1.54) is 6.20 Å². The monoisotopic (exact) mass is 250 g/mol. The molecular formula is C13H18N2O3. The van der Waals surface area contributed by atoms with Crippen molar-refractivity contribution in [2.45, 2.75) is 31.8 Å². The molecule has 0 saturated carbocycles. The summed E-state index contributed by atoms with van der Waals surface area (Å²) >= 11 is 0. The van der Waals surface area contributed by atoms with Crippen LogP contribution in [0.1, 0.15) is 36.5 Å². The third-order valence-corrected chi connectivity index (χ3v) is 3.43. The molecule has 5 heteroatoms. The first kappa shape index (κ1) is 12.8. The molecule has 98 valence electrons. The van der Waals surface area contributed by atoms with Gasteiger partial charge in [-0.15, -0.1) is 0 Å². The molecule has 0 bridgehead atoms. The Morgan fingerprint density at radius 1 is 1.44 bits per heavy atom. The summed E-state index contributed by atoms with van der Waals surface area (Å²) in [5, 5.41) is 19.2. The second kappa shape index (κ2) is 4.94. The lowest BCUT2D eigenvalue weighted by atomic mass is 9.98. The molecule has 1 aromatic rings. The molecule has 1 aliphatic heterocycles. The molecule has 1 aromatic heterocycles. The van der Waals surface area contributed by atoms with Gasteiger partial charge in [0.05, 0.1) is 11.3 Å². The summed E-state index contributed by atoms with van der Waals surface area (Å²) in [4.78, 5) is 17.0. The number of carboxylic acid groups (broad SMARTS) is 1. The van der Waals surface area contributed by atoms with Crippen molar-refractivity contribution >= 4 is 11.7 Å². The molecular weight excluding hydrogens is 232 g/mol. The van der Waals surface area contributed by atoms with E-state index >= 15 is 0 Å². The number of carbonyl (C=O) groups is 1.